The maximum absolute atomic E-state index is 12.4. The molecule has 2 aliphatic rings. The number of carbonyl (C=O) groups excluding carboxylic acids is 1. The Morgan fingerprint density at radius 2 is 1.80 bits per heavy atom. The molecule has 0 saturated carbocycles. The molecule has 1 aliphatic carbocycles. The zero-order chi connectivity index (χ0) is 17.5. The average molecular weight is 341 g/mol. The van der Waals surface area contributed by atoms with Gasteiger partial charge in [0.15, 0.2) is 5.96 Å². The van der Waals surface area contributed by atoms with Gasteiger partial charge in [0.25, 0.3) is 0 Å². The van der Waals surface area contributed by atoms with Crippen LogP contribution in [0, 0.1) is 0 Å². The highest BCUT2D eigenvalue weighted by Gasteiger charge is 2.21. The van der Waals surface area contributed by atoms with Crippen LogP contribution in [0.3, 0.4) is 0 Å². The first-order valence-electron chi connectivity index (χ1n) is 8.96. The van der Waals surface area contributed by atoms with Crippen LogP contribution >= 0.6 is 0 Å². The molecule has 0 spiro atoms. The smallest absolute Gasteiger partial charge is 0.242 e. The summed E-state index contributed by atoms with van der Waals surface area (Å²) in [6.07, 6.45) is 6.36. The summed E-state index contributed by atoms with van der Waals surface area (Å²) in [5, 5.41) is 6.49. The molecule has 134 valence electrons. The Bertz CT molecular complexity index is 612. The molecule has 3 rings (SSSR count). The molecule has 25 heavy (non-hydrogen) atoms. The molecule has 0 aromatic heterocycles. The van der Waals surface area contributed by atoms with Gasteiger partial charge in [0.05, 0.1) is 6.54 Å². The van der Waals surface area contributed by atoms with Crippen LogP contribution < -0.4 is 15.5 Å². The summed E-state index contributed by atoms with van der Waals surface area (Å²) in [5.41, 5.74) is 1.22. The largest absolute Gasteiger partial charge is 0.368 e. The number of nitrogens with zero attached hydrogens (tertiary/aromatic N) is 3. The van der Waals surface area contributed by atoms with E-state index in [1.807, 2.05) is 11.0 Å². The van der Waals surface area contributed by atoms with Gasteiger partial charge in [0.2, 0.25) is 5.91 Å². The van der Waals surface area contributed by atoms with Crippen molar-refractivity contribution in [2.45, 2.75) is 18.9 Å². The Balaban J connectivity index is 1.41. The number of hydrogen-bond acceptors (Lipinski definition) is 3. The molecule has 0 atom stereocenters. The van der Waals surface area contributed by atoms with Crippen molar-refractivity contribution >= 4 is 17.6 Å². The van der Waals surface area contributed by atoms with Crippen LogP contribution in [0.1, 0.15) is 12.8 Å². The van der Waals surface area contributed by atoms with Crippen LogP contribution in [0.2, 0.25) is 0 Å². The fourth-order valence-corrected chi connectivity index (χ4v) is 3.25. The molecule has 0 radical (unpaired) electrons. The van der Waals surface area contributed by atoms with Gasteiger partial charge in [-0.2, -0.15) is 0 Å². The van der Waals surface area contributed by atoms with Crippen molar-refractivity contribution in [3.05, 3.63) is 42.5 Å². The van der Waals surface area contributed by atoms with Gasteiger partial charge >= 0.3 is 0 Å². The number of aliphatic imine (C=N–C) groups is 1. The summed E-state index contributed by atoms with van der Waals surface area (Å²) < 4.78 is 0. The highest BCUT2D eigenvalue weighted by atomic mass is 16.2. The molecule has 1 fully saturated rings. The summed E-state index contributed by atoms with van der Waals surface area (Å²) in [6, 6.07) is 10.7. The third kappa shape index (κ3) is 4.75. The van der Waals surface area contributed by atoms with Gasteiger partial charge in [-0.25, -0.2) is 0 Å². The van der Waals surface area contributed by atoms with Crippen molar-refractivity contribution in [3.8, 4) is 0 Å². The highest BCUT2D eigenvalue weighted by Crippen LogP contribution is 2.15. The second-order valence-corrected chi connectivity index (χ2v) is 6.41. The van der Waals surface area contributed by atoms with Crippen molar-refractivity contribution in [1.29, 1.82) is 0 Å². The van der Waals surface area contributed by atoms with E-state index in [1.165, 1.54) is 5.69 Å². The Kier molecular flexibility index (Phi) is 5.93. The van der Waals surface area contributed by atoms with Crippen LogP contribution in [0.25, 0.3) is 0 Å². The summed E-state index contributed by atoms with van der Waals surface area (Å²) in [4.78, 5) is 20.9. The van der Waals surface area contributed by atoms with Gasteiger partial charge in [-0.3, -0.25) is 9.79 Å². The third-order valence-corrected chi connectivity index (χ3v) is 4.73. The van der Waals surface area contributed by atoms with Crippen molar-refractivity contribution in [3.63, 3.8) is 0 Å². The summed E-state index contributed by atoms with van der Waals surface area (Å²) in [6.45, 7) is 3.54. The predicted octanol–water partition coefficient (Wildman–Crippen LogP) is 1.22. The Labute approximate surface area is 149 Å². The first kappa shape index (κ1) is 17.3. The van der Waals surface area contributed by atoms with Gasteiger partial charge in [0, 0.05) is 45.0 Å². The van der Waals surface area contributed by atoms with E-state index < -0.39 is 0 Å². The molecule has 1 aromatic rings. The number of benzene rings is 1. The minimum Gasteiger partial charge on any atom is -0.368 e. The maximum Gasteiger partial charge on any atom is 0.242 e. The quantitative estimate of drug-likeness (QED) is 0.491. The standard InChI is InChI=1S/C19H27N5O/c1-20-19(22-16-7-5-6-8-16)21-15-18(25)24-13-11-23(12-14-24)17-9-3-2-4-10-17/h2-6,9-10,16H,7-8,11-15H2,1H3,(H2,20,21,22). The monoisotopic (exact) mass is 341 g/mol. The van der Waals surface area contributed by atoms with E-state index in [9.17, 15) is 4.79 Å². The van der Waals surface area contributed by atoms with E-state index in [1.54, 1.807) is 7.05 Å². The fraction of sp³-hybridized carbons (Fsp3) is 0.474. The molecular weight excluding hydrogens is 314 g/mol. The van der Waals surface area contributed by atoms with E-state index in [2.05, 4.69) is 56.9 Å². The SMILES string of the molecule is CN=C(NCC(=O)N1CCN(c2ccccc2)CC1)NC1CC=CC1. The lowest BCUT2D eigenvalue weighted by atomic mass is 10.2. The van der Waals surface area contributed by atoms with Crippen LogP contribution in [-0.4, -0.2) is 62.6 Å². The number of piperazine rings is 1. The van der Waals surface area contributed by atoms with E-state index in [0.29, 0.717) is 12.0 Å². The molecule has 1 aromatic carbocycles. The topological polar surface area (TPSA) is 60.0 Å². The van der Waals surface area contributed by atoms with Crippen LogP contribution in [0.4, 0.5) is 5.69 Å². The number of nitrogens with one attached hydrogen (secondary N) is 2. The second kappa shape index (κ2) is 8.55. The van der Waals surface area contributed by atoms with E-state index in [-0.39, 0.29) is 12.5 Å². The second-order valence-electron chi connectivity index (χ2n) is 6.41. The lowest BCUT2D eigenvalue weighted by Crippen LogP contribution is -2.52. The Morgan fingerprint density at radius 1 is 1.12 bits per heavy atom. The molecule has 6 nitrogen and oxygen atoms in total. The predicted molar refractivity (Wildman–Crippen MR) is 102 cm³/mol. The fourth-order valence-electron chi connectivity index (χ4n) is 3.25. The summed E-state index contributed by atoms with van der Waals surface area (Å²) >= 11 is 0. The molecule has 1 saturated heterocycles. The van der Waals surface area contributed by atoms with E-state index in [0.717, 1.165) is 39.0 Å². The molecule has 1 heterocycles. The zero-order valence-electron chi connectivity index (χ0n) is 14.8. The normalized spacial score (nSPS) is 18.5. The minimum absolute atomic E-state index is 0.125. The summed E-state index contributed by atoms with van der Waals surface area (Å²) in [7, 11) is 1.74. The molecule has 0 bridgehead atoms. The van der Waals surface area contributed by atoms with Crippen molar-refractivity contribution < 1.29 is 4.79 Å². The first-order valence-corrected chi connectivity index (χ1v) is 8.96. The average Bonchev–Trinajstić information content (AvgIpc) is 3.19. The molecule has 1 amide bonds. The molecule has 1 aliphatic heterocycles. The van der Waals surface area contributed by atoms with E-state index in [4.69, 9.17) is 0 Å². The number of guanidine groups is 1. The van der Waals surface area contributed by atoms with Gasteiger partial charge in [-0.15, -0.1) is 0 Å². The first-order chi connectivity index (χ1) is 12.3. The Morgan fingerprint density at radius 3 is 2.44 bits per heavy atom. The molecular formula is C19H27N5O. The minimum atomic E-state index is 0.125. The van der Waals surface area contributed by atoms with Crippen LogP contribution in [0.5, 0.6) is 0 Å². The number of rotatable bonds is 4. The van der Waals surface area contributed by atoms with Crippen molar-refractivity contribution in [2.75, 3.05) is 44.7 Å². The Hall–Kier alpha value is -2.50. The van der Waals surface area contributed by atoms with Gasteiger partial charge in [-0.1, -0.05) is 30.4 Å². The van der Waals surface area contributed by atoms with Gasteiger partial charge < -0.3 is 20.4 Å². The number of carbonyl (C=O) groups is 1. The van der Waals surface area contributed by atoms with Gasteiger partial charge in [0.1, 0.15) is 0 Å². The molecule has 0 unspecified atom stereocenters. The number of anilines is 1. The van der Waals surface area contributed by atoms with Crippen molar-refractivity contribution in [2.24, 2.45) is 4.99 Å². The number of hydrogen-bond donors (Lipinski definition) is 2. The maximum atomic E-state index is 12.4. The lowest BCUT2D eigenvalue weighted by molar-refractivity contribution is -0.130. The highest BCUT2D eigenvalue weighted by molar-refractivity contribution is 5.86. The van der Waals surface area contributed by atoms with Crippen molar-refractivity contribution in [1.82, 2.24) is 15.5 Å². The molecule has 6 heteroatoms. The van der Waals surface area contributed by atoms with Crippen LogP contribution in [-0.2, 0) is 4.79 Å². The number of para-hydroxylation sites is 1. The third-order valence-electron chi connectivity index (χ3n) is 4.73. The zero-order valence-corrected chi connectivity index (χ0v) is 14.8. The van der Waals surface area contributed by atoms with Gasteiger partial charge in [-0.05, 0) is 25.0 Å². The lowest BCUT2D eigenvalue weighted by Gasteiger charge is -2.36. The van der Waals surface area contributed by atoms with Crippen LogP contribution in [0.15, 0.2) is 47.5 Å². The molecule has 2 N–H and O–H groups in total. The number of amides is 1. The van der Waals surface area contributed by atoms with E-state index >= 15 is 0 Å². The summed E-state index contributed by atoms with van der Waals surface area (Å²) in [5.74, 6) is 0.824.